The minimum atomic E-state index is -0.100. The maximum Gasteiger partial charge on any atom is 0.231 e. The zero-order valence-electron chi connectivity index (χ0n) is 16.3. The number of fused-ring (bicyclic) bond motifs is 1. The predicted octanol–water partition coefficient (Wildman–Crippen LogP) is 5.81. The van der Waals surface area contributed by atoms with Gasteiger partial charge in [0.15, 0.2) is 5.76 Å². The molecule has 0 spiro atoms. The first-order chi connectivity index (χ1) is 13.5. The average Bonchev–Trinajstić information content (AvgIpc) is 2.99. The lowest BCUT2D eigenvalue weighted by molar-refractivity contribution is 0.101. The van der Waals surface area contributed by atoms with Crippen LogP contribution < -0.4 is 9.47 Å². The largest absolute Gasteiger partial charge is 0.489 e. The molecule has 140 valence electrons. The molecule has 0 aromatic heterocycles. The fourth-order valence-electron chi connectivity index (χ4n) is 3.19. The molecule has 1 heterocycles. The van der Waals surface area contributed by atoms with Crippen LogP contribution in [0, 0.1) is 20.8 Å². The maximum atomic E-state index is 12.6. The standard InChI is InChI=1S/C25H22O3/c1-16-5-8-19(9-6-16)13-24-25(26)22-11-10-21(14-23(22)28-24)27-15-20-12-17(2)4-7-18(20)3/h4-14H,15H2,1-3H3/b24-13-. The second-order valence-corrected chi connectivity index (χ2v) is 7.23. The summed E-state index contributed by atoms with van der Waals surface area (Å²) in [5, 5.41) is 0. The highest BCUT2D eigenvalue weighted by Crippen LogP contribution is 2.35. The molecule has 1 aliphatic heterocycles. The topological polar surface area (TPSA) is 35.5 Å². The summed E-state index contributed by atoms with van der Waals surface area (Å²) in [7, 11) is 0. The van der Waals surface area contributed by atoms with Crippen LogP contribution in [0.15, 0.2) is 66.4 Å². The molecule has 0 N–H and O–H groups in total. The van der Waals surface area contributed by atoms with Crippen LogP contribution in [0.5, 0.6) is 11.5 Å². The molecule has 4 rings (SSSR count). The van der Waals surface area contributed by atoms with Gasteiger partial charge in [0.2, 0.25) is 5.78 Å². The molecule has 0 atom stereocenters. The van der Waals surface area contributed by atoms with E-state index >= 15 is 0 Å². The van der Waals surface area contributed by atoms with Gasteiger partial charge < -0.3 is 9.47 Å². The lowest BCUT2D eigenvalue weighted by Crippen LogP contribution is -1.99. The number of allylic oxidation sites excluding steroid dienone is 1. The molecule has 3 aromatic rings. The van der Waals surface area contributed by atoms with Gasteiger partial charge in [-0.2, -0.15) is 0 Å². The molecule has 3 nitrogen and oxygen atoms in total. The minimum absolute atomic E-state index is 0.100. The molecular weight excluding hydrogens is 348 g/mol. The summed E-state index contributed by atoms with van der Waals surface area (Å²) in [6.45, 7) is 6.65. The van der Waals surface area contributed by atoms with Crippen molar-refractivity contribution in [1.29, 1.82) is 0 Å². The smallest absolute Gasteiger partial charge is 0.231 e. The van der Waals surface area contributed by atoms with E-state index in [0.29, 0.717) is 29.4 Å². The predicted molar refractivity (Wildman–Crippen MR) is 111 cm³/mol. The molecular formula is C25H22O3. The molecule has 1 aliphatic rings. The number of ether oxygens (including phenoxy) is 2. The fraction of sp³-hybridized carbons (Fsp3) is 0.160. The van der Waals surface area contributed by atoms with Crippen molar-refractivity contribution < 1.29 is 14.3 Å². The molecule has 3 aromatic carbocycles. The Hall–Kier alpha value is -3.33. The van der Waals surface area contributed by atoms with Crippen molar-refractivity contribution in [1.82, 2.24) is 0 Å². The summed E-state index contributed by atoms with van der Waals surface area (Å²) in [6, 6.07) is 19.7. The van der Waals surface area contributed by atoms with E-state index in [-0.39, 0.29) is 5.78 Å². The first kappa shape index (κ1) is 18.1. The minimum Gasteiger partial charge on any atom is -0.489 e. The lowest BCUT2D eigenvalue weighted by atomic mass is 10.1. The monoisotopic (exact) mass is 370 g/mol. The average molecular weight is 370 g/mol. The number of Topliss-reactive ketones (excluding diaryl/α,β-unsaturated/α-hetero) is 1. The fourth-order valence-corrected chi connectivity index (χ4v) is 3.19. The van der Waals surface area contributed by atoms with Crippen molar-refractivity contribution >= 4 is 11.9 Å². The first-order valence-corrected chi connectivity index (χ1v) is 9.33. The molecule has 0 aliphatic carbocycles. The highest BCUT2D eigenvalue weighted by Gasteiger charge is 2.27. The van der Waals surface area contributed by atoms with Gasteiger partial charge in [-0.3, -0.25) is 4.79 Å². The second-order valence-electron chi connectivity index (χ2n) is 7.23. The van der Waals surface area contributed by atoms with Gasteiger partial charge in [-0.05, 0) is 55.7 Å². The normalized spacial score (nSPS) is 14.1. The van der Waals surface area contributed by atoms with E-state index < -0.39 is 0 Å². The Morgan fingerprint density at radius 3 is 2.43 bits per heavy atom. The van der Waals surface area contributed by atoms with Crippen molar-refractivity contribution in [2.45, 2.75) is 27.4 Å². The first-order valence-electron chi connectivity index (χ1n) is 9.33. The van der Waals surface area contributed by atoms with E-state index in [9.17, 15) is 4.79 Å². The zero-order chi connectivity index (χ0) is 19.7. The third-order valence-electron chi connectivity index (χ3n) is 4.92. The summed E-state index contributed by atoms with van der Waals surface area (Å²) < 4.78 is 11.8. The number of hydrogen-bond acceptors (Lipinski definition) is 3. The molecule has 0 unspecified atom stereocenters. The Labute approximate surface area is 165 Å². The van der Waals surface area contributed by atoms with Crippen LogP contribution in [0.4, 0.5) is 0 Å². The number of rotatable bonds is 4. The van der Waals surface area contributed by atoms with Gasteiger partial charge in [-0.25, -0.2) is 0 Å². The quantitative estimate of drug-likeness (QED) is 0.544. The summed E-state index contributed by atoms with van der Waals surface area (Å²) in [6.07, 6.45) is 1.78. The summed E-state index contributed by atoms with van der Waals surface area (Å²) >= 11 is 0. The van der Waals surface area contributed by atoms with E-state index in [1.54, 1.807) is 18.2 Å². The molecule has 0 bridgehead atoms. The SMILES string of the molecule is Cc1ccc(/C=C2\Oc3cc(OCc4cc(C)ccc4C)ccc3C2=O)cc1. The van der Waals surface area contributed by atoms with Crippen LogP contribution in [0.1, 0.15) is 38.2 Å². The Kier molecular flexibility index (Phi) is 4.74. The van der Waals surface area contributed by atoms with Crippen LogP contribution in [0.3, 0.4) is 0 Å². The van der Waals surface area contributed by atoms with Crippen LogP contribution in [-0.4, -0.2) is 5.78 Å². The van der Waals surface area contributed by atoms with E-state index in [2.05, 4.69) is 32.0 Å². The van der Waals surface area contributed by atoms with Crippen molar-refractivity contribution in [2.75, 3.05) is 0 Å². The van der Waals surface area contributed by atoms with E-state index in [4.69, 9.17) is 9.47 Å². The molecule has 0 amide bonds. The van der Waals surface area contributed by atoms with Gasteiger partial charge >= 0.3 is 0 Å². The Balaban J connectivity index is 1.52. The molecule has 0 radical (unpaired) electrons. The van der Waals surface area contributed by atoms with Crippen molar-refractivity contribution in [3.63, 3.8) is 0 Å². The van der Waals surface area contributed by atoms with Gasteiger partial charge in [-0.15, -0.1) is 0 Å². The van der Waals surface area contributed by atoms with Gasteiger partial charge in [0.25, 0.3) is 0 Å². The van der Waals surface area contributed by atoms with Crippen LogP contribution in [0.25, 0.3) is 6.08 Å². The number of carbonyl (C=O) groups excluding carboxylic acids is 1. The Bertz CT molecular complexity index is 1080. The summed E-state index contributed by atoms with van der Waals surface area (Å²) in [5.74, 6) is 1.47. The van der Waals surface area contributed by atoms with Gasteiger partial charge in [0.1, 0.15) is 18.1 Å². The number of hydrogen-bond donors (Lipinski definition) is 0. The number of aryl methyl sites for hydroxylation is 3. The highest BCUT2D eigenvalue weighted by atomic mass is 16.5. The zero-order valence-corrected chi connectivity index (χ0v) is 16.3. The van der Waals surface area contributed by atoms with Crippen LogP contribution >= 0.6 is 0 Å². The van der Waals surface area contributed by atoms with Gasteiger partial charge in [0.05, 0.1) is 5.56 Å². The highest BCUT2D eigenvalue weighted by molar-refractivity contribution is 6.14. The van der Waals surface area contributed by atoms with E-state index in [1.165, 1.54) is 16.7 Å². The van der Waals surface area contributed by atoms with Crippen LogP contribution in [0.2, 0.25) is 0 Å². The third-order valence-corrected chi connectivity index (χ3v) is 4.92. The molecule has 0 saturated carbocycles. The summed E-state index contributed by atoms with van der Waals surface area (Å²) in [5.41, 5.74) is 6.23. The van der Waals surface area contributed by atoms with Crippen molar-refractivity contribution in [3.05, 3.63) is 99.8 Å². The van der Waals surface area contributed by atoms with Crippen LogP contribution in [-0.2, 0) is 6.61 Å². The number of benzene rings is 3. The molecule has 28 heavy (non-hydrogen) atoms. The number of carbonyl (C=O) groups is 1. The Morgan fingerprint density at radius 1 is 0.893 bits per heavy atom. The van der Waals surface area contributed by atoms with Crippen molar-refractivity contribution in [3.8, 4) is 11.5 Å². The summed E-state index contributed by atoms with van der Waals surface area (Å²) in [4.78, 5) is 12.6. The molecule has 0 saturated heterocycles. The molecule has 0 fully saturated rings. The Morgan fingerprint density at radius 2 is 1.64 bits per heavy atom. The van der Waals surface area contributed by atoms with E-state index in [0.717, 1.165) is 11.1 Å². The maximum absolute atomic E-state index is 12.6. The lowest BCUT2D eigenvalue weighted by Gasteiger charge is -2.10. The van der Waals surface area contributed by atoms with Crippen molar-refractivity contribution in [2.24, 2.45) is 0 Å². The van der Waals surface area contributed by atoms with E-state index in [1.807, 2.05) is 37.3 Å². The van der Waals surface area contributed by atoms with Gasteiger partial charge in [0, 0.05) is 6.07 Å². The number of ketones is 1. The van der Waals surface area contributed by atoms with Gasteiger partial charge in [-0.1, -0.05) is 53.6 Å². The molecule has 3 heteroatoms. The second kappa shape index (κ2) is 7.35. The third kappa shape index (κ3) is 3.70.